The van der Waals surface area contributed by atoms with Gasteiger partial charge in [-0.25, -0.2) is 0 Å². The van der Waals surface area contributed by atoms with Gasteiger partial charge in [0, 0.05) is 77.9 Å². The van der Waals surface area contributed by atoms with E-state index in [0.717, 1.165) is 111 Å². The summed E-state index contributed by atoms with van der Waals surface area (Å²) in [5, 5.41) is 2.28. The summed E-state index contributed by atoms with van der Waals surface area (Å²) in [4.78, 5) is 4.85. The molecule has 0 aliphatic carbocycles. The van der Waals surface area contributed by atoms with Crippen LogP contribution in [0.5, 0.6) is 0 Å². The summed E-state index contributed by atoms with van der Waals surface area (Å²) >= 11 is 0. The van der Waals surface area contributed by atoms with Gasteiger partial charge in [-0.2, -0.15) is 0 Å². The third-order valence-corrected chi connectivity index (χ3v) is 27.0. The van der Waals surface area contributed by atoms with Gasteiger partial charge < -0.3 is 18.9 Å². The zero-order valence-electron chi connectivity index (χ0n) is 84.0. The summed E-state index contributed by atoms with van der Waals surface area (Å²) in [6.45, 7) is 47.3. The number of aromatic nitrogens is 2. The smallest absolute Gasteiger partial charge is 0.252 e. The fraction of sp³-hybridized carbons (Fsp3) is 0.250. The predicted octanol–water partition coefficient (Wildman–Crippen LogP) is 26.2. The SMILES string of the molecule is [2H]c1c([2H])c([2H])c2c(c1[2H])c1c([2H])c([2H])c([2H])c([2H])c1n2-c1ccc2c(c1)N(c1c(-c3ccccc3)cc(C(C)(C)C)cc1-c1cc(C(C)(C)C)cc([Si](C)(C)C)c1)c1cc(C(C)(C)C)cc3c1B2c1ccc(-n2c4c([2H])c([2H])c([2H])c([2H])c4c4c([2H])c([2H])c([2H])c([2H])c42)cc1N3c1c(-c2ccccc2)cc(C(C)(C)C)cc1-c1cc(C(C)(C)C)cc([Si](C)(C)C)c1. The van der Waals surface area contributed by atoms with Crippen LogP contribution in [-0.4, -0.2) is 32.0 Å². The number of anilines is 6. The Hall–Kier alpha value is -10.4. The van der Waals surface area contributed by atoms with Crippen molar-refractivity contribution in [3.63, 3.8) is 0 Å². The monoisotopic (exact) mass is 1490 g/mol. The minimum atomic E-state index is -2.20. The van der Waals surface area contributed by atoms with Crippen LogP contribution in [0, 0.1) is 0 Å². The van der Waals surface area contributed by atoms with Crippen molar-refractivity contribution in [1.29, 1.82) is 0 Å². The zero-order valence-corrected chi connectivity index (χ0v) is 70.0. The molecule has 15 aromatic rings. The second kappa shape index (κ2) is 26.1. The lowest BCUT2D eigenvalue weighted by Gasteiger charge is -2.47. The van der Waals surface area contributed by atoms with Crippen molar-refractivity contribution in [3.05, 3.63) is 294 Å². The molecule has 0 bridgehead atoms. The van der Waals surface area contributed by atoms with Gasteiger partial charge in [0.15, 0.2) is 0 Å². The molecule has 4 heterocycles. The number of para-hydroxylation sites is 4. The molecule has 0 fully saturated rings. The third-order valence-electron chi connectivity index (χ3n) is 23.0. The van der Waals surface area contributed by atoms with E-state index in [9.17, 15) is 21.9 Å². The number of fused-ring (bicyclic) bond motifs is 10. The maximum atomic E-state index is 10.0. The molecule has 7 heteroatoms. The van der Waals surface area contributed by atoms with Crippen LogP contribution in [-0.2, 0) is 27.1 Å². The second-order valence-corrected chi connectivity index (χ2v) is 48.2. The molecule has 0 spiro atoms. The molecule has 0 unspecified atom stereocenters. The predicted molar refractivity (Wildman–Crippen MR) is 490 cm³/mol. The number of rotatable bonds is 10. The quantitative estimate of drug-likeness (QED) is 0.127. The summed E-state index contributed by atoms with van der Waals surface area (Å²) < 4.78 is 157. The Morgan fingerprint density at radius 2 is 0.577 bits per heavy atom. The van der Waals surface area contributed by atoms with Gasteiger partial charge in [-0.05, 0) is 178 Å². The minimum Gasteiger partial charge on any atom is -0.310 e. The lowest BCUT2D eigenvalue weighted by Crippen LogP contribution is -2.61. The van der Waals surface area contributed by atoms with E-state index in [2.05, 4.69) is 286 Å². The summed E-state index contributed by atoms with van der Waals surface area (Å²) in [6.07, 6.45) is 0. The maximum absolute atomic E-state index is 10.0. The summed E-state index contributed by atoms with van der Waals surface area (Å²) in [6, 6.07) is 53.5. The number of hydrogen-bond acceptors (Lipinski definition) is 2. The third kappa shape index (κ3) is 12.7. The summed E-state index contributed by atoms with van der Waals surface area (Å²) in [7, 11) is -4.41. The molecule has 2 aliphatic heterocycles. The molecule has 0 atom stereocenters. The molecular formula is C104H107BN4Si2. The molecule has 17 rings (SSSR count). The van der Waals surface area contributed by atoms with Gasteiger partial charge in [-0.3, -0.25) is 0 Å². The highest BCUT2D eigenvalue weighted by molar-refractivity contribution is 7.00. The van der Waals surface area contributed by atoms with Crippen molar-refractivity contribution in [2.75, 3.05) is 9.80 Å². The Balaban J connectivity index is 1.15. The van der Waals surface area contributed by atoms with Crippen molar-refractivity contribution < 1.29 is 21.9 Å². The molecule has 0 radical (unpaired) electrons. The minimum absolute atomic E-state index is 0.0375. The van der Waals surface area contributed by atoms with E-state index in [-0.39, 0.29) is 54.4 Å². The van der Waals surface area contributed by atoms with Gasteiger partial charge >= 0.3 is 0 Å². The fourth-order valence-electron chi connectivity index (χ4n) is 16.5. The summed E-state index contributed by atoms with van der Waals surface area (Å²) in [5.74, 6) is 0. The van der Waals surface area contributed by atoms with Crippen LogP contribution in [0.3, 0.4) is 0 Å². The average molecular weight is 1500 g/mol. The van der Waals surface area contributed by atoms with Crippen LogP contribution in [0.2, 0.25) is 39.3 Å². The molecule has 13 aromatic carbocycles. The standard InChI is InChI=1S/C104H107BN4Si2/c1-100(2,3)70-52-68(54-77(56-70)110(16,17)18)85-60-72(102(7,8)9)58-83(66-36-24-22-25-37-66)98(85)108-93-64-75(106-89-44-32-28-40-79(89)80-41-29-33-45-90(80)106)48-50-87(93)105-88-51-49-76(107-91-46-34-30-42-81(91)82-43-31-35-47-92(82)107)65-94(88)109(96-63-74(104(13,14)15)62-95(108)97(96)105)99-84(67-38-26-23-27-39-67)59-73(103(10,11)12)61-86(99)69-53-71(101(4,5)6)57-78(55-69)111(19,20)21/h22-65H,1-21H3/i28D,29D,30D,31D,32D,33D,34D,35D,40D,41D,42D,43D,44D,45D,46D,47D. The molecule has 2 aliphatic rings. The van der Waals surface area contributed by atoms with E-state index in [1.807, 2.05) is 36.4 Å². The second-order valence-electron chi connectivity index (χ2n) is 38.0. The van der Waals surface area contributed by atoms with E-state index >= 15 is 0 Å². The van der Waals surface area contributed by atoms with Gasteiger partial charge in [-0.1, -0.05) is 335 Å². The Labute approximate surface area is 685 Å². The highest BCUT2D eigenvalue weighted by Gasteiger charge is 2.47. The van der Waals surface area contributed by atoms with Gasteiger partial charge in [0.05, 0.1) is 71.5 Å². The molecule has 4 nitrogen and oxygen atoms in total. The van der Waals surface area contributed by atoms with Crippen LogP contribution in [0.4, 0.5) is 34.1 Å². The number of nitrogens with zero attached hydrogens (tertiary/aromatic N) is 4. The number of benzene rings is 13. The molecule has 111 heavy (non-hydrogen) atoms. The van der Waals surface area contributed by atoms with Crippen LogP contribution in [0.1, 0.15) is 154 Å². The van der Waals surface area contributed by atoms with Gasteiger partial charge in [-0.15, -0.1) is 0 Å². The first-order valence-corrected chi connectivity index (χ1v) is 46.0. The van der Waals surface area contributed by atoms with Gasteiger partial charge in [0.1, 0.15) is 0 Å². The highest BCUT2D eigenvalue weighted by atomic mass is 28.3. The van der Waals surface area contributed by atoms with E-state index in [1.54, 1.807) is 9.13 Å². The molecular weight excluding hydrogens is 1370 g/mol. The Morgan fingerprint density at radius 3 is 0.883 bits per heavy atom. The summed E-state index contributed by atoms with van der Waals surface area (Å²) in [5.41, 5.74) is 18.0. The molecule has 554 valence electrons. The highest BCUT2D eigenvalue weighted by Crippen LogP contribution is 2.56. The molecule has 0 saturated carbocycles. The lowest BCUT2D eigenvalue weighted by atomic mass is 9.33. The van der Waals surface area contributed by atoms with E-state index < -0.39 is 136 Å². The van der Waals surface area contributed by atoms with Gasteiger partial charge in [0.25, 0.3) is 6.71 Å². The molecule has 0 N–H and O–H groups in total. The molecule has 0 saturated heterocycles. The Morgan fingerprint density at radius 1 is 0.288 bits per heavy atom. The lowest BCUT2D eigenvalue weighted by molar-refractivity contribution is 0.589. The van der Waals surface area contributed by atoms with Crippen molar-refractivity contribution in [2.45, 2.75) is 170 Å². The Kier molecular flexibility index (Phi) is 13.3. The van der Waals surface area contributed by atoms with E-state index in [0.29, 0.717) is 22.7 Å². The molecule has 0 amide bonds. The van der Waals surface area contributed by atoms with Crippen LogP contribution >= 0.6 is 0 Å². The number of hydrogen-bond donors (Lipinski definition) is 0. The first-order chi connectivity index (χ1) is 59.1. The Bertz CT molecular complexity index is 6630. The van der Waals surface area contributed by atoms with E-state index in [1.165, 1.54) is 10.4 Å². The van der Waals surface area contributed by atoms with Crippen molar-refractivity contribution in [3.8, 4) is 55.9 Å². The van der Waals surface area contributed by atoms with E-state index in [4.69, 9.17) is 0 Å². The first kappa shape index (κ1) is 56.7. The fourth-order valence-corrected chi connectivity index (χ4v) is 18.9. The van der Waals surface area contributed by atoms with Crippen LogP contribution < -0.4 is 36.6 Å². The van der Waals surface area contributed by atoms with Gasteiger partial charge in [0.2, 0.25) is 0 Å². The topological polar surface area (TPSA) is 16.3 Å². The zero-order chi connectivity index (χ0) is 92.1. The van der Waals surface area contributed by atoms with Crippen molar-refractivity contribution in [1.82, 2.24) is 9.13 Å². The van der Waals surface area contributed by atoms with Crippen LogP contribution in [0.25, 0.3) is 99.5 Å². The average Bonchev–Trinajstić information content (AvgIpc) is 1.43. The molecule has 2 aromatic heterocycles. The largest absolute Gasteiger partial charge is 0.310 e. The van der Waals surface area contributed by atoms with Crippen LogP contribution in [0.15, 0.2) is 267 Å². The van der Waals surface area contributed by atoms with Crippen molar-refractivity contribution >= 4 is 127 Å². The first-order valence-electron chi connectivity index (χ1n) is 47.0. The normalized spacial score (nSPS) is 15.6. The maximum Gasteiger partial charge on any atom is 0.252 e. The van der Waals surface area contributed by atoms with Crippen molar-refractivity contribution in [2.24, 2.45) is 0 Å².